The zero-order chi connectivity index (χ0) is 41.5. The van der Waals surface area contributed by atoms with Crippen LogP contribution in [0.15, 0.2) is 139 Å². The van der Waals surface area contributed by atoms with Gasteiger partial charge in [0.05, 0.1) is 33.9 Å². The van der Waals surface area contributed by atoms with Crippen molar-refractivity contribution in [1.82, 2.24) is 19.9 Å². The van der Waals surface area contributed by atoms with E-state index in [4.69, 9.17) is 44.0 Å². The summed E-state index contributed by atoms with van der Waals surface area (Å²) in [5, 5.41) is 42.9. The number of amides is 2. The van der Waals surface area contributed by atoms with Crippen molar-refractivity contribution in [3.63, 3.8) is 0 Å². The maximum Gasteiger partial charge on any atom is 0.340 e. The summed E-state index contributed by atoms with van der Waals surface area (Å²) in [7, 11) is 0. The van der Waals surface area contributed by atoms with Gasteiger partial charge in [0.15, 0.2) is 0 Å². The molecular formula is C42H26Cl2N12O3. The second kappa shape index (κ2) is 17.3. The Bertz CT molecular complexity index is 2690. The van der Waals surface area contributed by atoms with Gasteiger partial charge in [0.2, 0.25) is 11.9 Å². The van der Waals surface area contributed by atoms with Crippen LogP contribution >= 0.6 is 23.2 Å². The van der Waals surface area contributed by atoms with Crippen molar-refractivity contribution in [3.05, 3.63) is 176 Å². The third kappa shape index (κ3) is 8.77. The smallest absolute Gasteiger partial charge is 0.340 e. The van der Waals surface area contributed by atoms with Crippen LogP contribution in [0.2, 0.25) is 10.0 Å². The van der Waals surface area contributed by atoms with E-state index in [0.717, 1.165) is 5.01 Å². The van der Waals surface area contributed by atoms with Crippen LogP contribution in [0.5, 0.6) is 0 Å². The minimum Gasteiger partial charge on any atom is -0.350 e. The molecule has 2 amide bonds. The molecule has 0 saturated carbocycles. The van der Waals surface area contributed by atoms with Crippen LogP contribution in [-0.2, 0) is 0 Å². The number of benzene rings is 5. The Hall–Kier alpha value is -8.24. The summed E-state index contributed by atoms with van der Waals surface area (Å²) in [4.78, 5) is 43.4. The van der Waals surface area contributed by atoms with Crippen LogP contribution < -0.4 is 21.4 Å². The van der Waals surface area contributed by atoms with Crippen molar-refractivity contribution in [2.45, 2.75) is 0 Å². The number of nitro benzene ring substituents is 1. The monoisotopic (exact) mass is 816 g/mol. The van der Waals surface area contributed by atoms with E-state index in [-0.39, 0.29) is 40.4 Å². The molecule has 2 aromatic heterocycles. The second-order valence-electron chi connectivity index (χ2n) is 12.4. The molecule has 0 unspecified atom stereocenters. The Labute approximate surface area is 345 Å². The molecule has 0 bridgehead atoms. The molecule has 7 aromatic rings. The number of carbonyl (C=O) groups is 1. The standard InChI is InChI=1S/C42H26Cl2N12O3/c43-35-7-3-1-5-31(35)33-23-48-41(50-27-13-9-25(21-45)10-14-27)52-37(33)39(54-55(40(47)57)29-17-19-30(20-18-29)56(58)59)38-34(32-6-2-4-8-36(32)44)24-49-42(53-38)51-28-15-11-26(22-46)12-16-28/h1-20,23-24H,(H2,47,57)(H,48,50,52)(H,49,51,53). The van der Waals surface area contributed by atoms with Gasteiger partial charge in [-0.15, -0.1) is 0 Å². The SMILES string of the molecule is N#Cc1ccc(Nc2ncc(-c3ccccc3Cl)c(C(=NN(C(N)=O)c3ccc([N+](=O)[O-])cc3)c3nc(Nc4ccc(C#N)cc4)ncc3-c3ccccc3Cl)n2)cc1. The number of aromatic nitrogens is 4. The maximum absolute atomic E-state index is 13.4. The molecular weight excluding hydrogens is 791 g/mol. The largest absolute Gasteiger partial charge is 0.350 e. The van der Waals surface area contributed by atoms with E-state index in [9.17, 15) is 25.4 Å². The third-order valence-corrected chi connectivity index (χ3v) is 9.27. The van der Waals surface area contributed by atoms with E-state index in [1.165, 1.54) is 36.7 Å². The average Bonchev–Trinajstić information content (AvgIpc) is 3.25. The number of non-ortho nitro benzene ring substituents is 1. The van der Waals surface area contributed by atoms with Crippen LogP contribution in [0.1, 0.15) is 22.5 Å². The normalized spacial score (nSPS) is 10.4. The quantitative estimate of drug-likeness (QED) is 0.0633. The first-order valence-corrected chi connectivity index (χ1v) is 18.1. The average molecular weight is 818 g/mol. The van der Waals surface area contributed by atoms with Crippen molar-refractivity contribution in [2.75, 3.05) is 15.6 Å². The van der Waals surface area contributed by atoms with Crippen molar-refractivity contribution < 1.29 is 9.72 Å². The number of nitrogens with one attached hydrogen (secondary N) is 2. The molecule has 0 atom stereocenters. The summed E-state index contributed by atoms with van der Waals surface area (Å²) in [6.07, 6.45) is 3.05. The summed E-state index contributed by atoms with van der Waals surface area (Å²) in [6.45, 7) is 0. The molecule has 15 nitrogen and oxygen atoms in total. The van der Waals surface area contributed by atoms with Gasteiger partial charge in [-0.3, -0.25) is 10.1 Å². The predicted octanol–water partition coefficient (Wildman–Crippen LogP) is 9.38. The zero-order valence-electron chi connectivity index (χ0n) is 30.3. The van der Waals surface area contributed by atoms with Gasteiger partial charge in [-0.05, 0) is 72.8 Å². The summed E-state index contributed by atoms with van der Waals surface area (Å²) in [5.74, 6) is 0.164. The number of rotatable bonds is 11. The third-order valence-electron chi connectivity index (χ3n) is 8.61. The van der Waals surface area contributed by atoms with Crippen molar-refractivity contribution >= 4 is 69.6 Å². The summed E-state index contributed by atoms with van der Waals surface area (Å²) in [5.41, 5.74) is 9.70. The molecule has 286 valence electrons. The predicted molar refractivity (Wildman–Crippen MR) is 225 cm³/mol. The Morgan fingerprint density at radius 3 is 1.51 bits per heavy atom. The lowest BCUT2D eigenvalue weighted by Crippen LogP contribution is -2.33. The Kier molecular flexibility index (Phi) is 11.4. The molecule has 17 heteroatoms. The fraction of sp³-hybridized carbons (Fsp3) is 0. The van der Waals surface area contributed by atoms with Crippen LogP contribution in [0.25, 0.3) is 22.3 Å². The van der Waals surface area contributed by atoms with Gasteiger partial charge in [-0.1, -0.05) is 59.6 Å². The topological polar surface area (TPSA) is 225 Å². The van der Waals surface area contributed by atoms with E-state index in [1.807, 2.05) is 0 Å². The number of nitrogens with two attached hydrogens (primary N) is 1. The number of nitrogens with zero attached hydrogens (tertiary/aromatic N) is 9. The highest BCUT2D eigenvalue weighted by Gasteiger charge is 2.27. The summed E-state index contributed by atoms with van der Waals surface area (Å²) in [6, 6.07) is 35.4. The molecule has 0 aliphatic rings. The van der Waals surface area contributed by atoms with Gasteiger partial charge >= 0.3 is 6.03 Å². The Morgan fingerprint density at radius 1 is 0.678 bits per heavy atom. The molecule has 0 aliphatic carbocycles. The zero-order valence-corrected chi connectivity index (χ0v) is 31.8. The number of primary amides is 1. The van der Waals surface area contributed by atoms with Gasteiger partial charge in [0.25, 0.3) is 5.69 Å². The number of nitriles is 2. The fourth-order valence-electron chi connectivity index (χ4n) is 5.77. The molecule has 4 N–H and O–H groups in total. The van der Waals surface area contributed by atoms with E-state index < -0.39 is 11.0 Å². The number of carbonyl (C=O) groups excluding carboxylic acids is 1. The first-order chi connectivity index (χ1) is 28.6. The van der Waals surface area contributed by atoms with Gasteiger partial charge in [0, 0.05) is 68.2 Å². The minimum absolute atomic E-state index is 0.0532. The van der Waals surface area contributed by atoms with Crippen LogP contribution in [0, 0.1) is 32.8 Å². The second-order valence-corrected chi connectivity index (χ2v) is 13.2. The highest BCUT2D eigenvalue weighted by Crippen LogP contribution is 2.36. The first kappa shape index (κ1) is 39.0. The van der Waals surface area contributed by atoms with E-state index in [0.29, 0.717) is 54.8 Å². The van der Waals surface area contributed by atoms with Crippen LogP contribution in [-0.4, -0.2) is 36.6 Å². The van der Waals surface area contributed by atoms with E-state index in [2.05, 4.69) is 32.7 Å². The fourth-order valence-corrected chi connectivity index (χ4v) is 6.24. The lowest BCUT2D eigenvalue weighted by molar-refractivity contribution is -0.384. The van der Waals surface area contributed by atoms with E-state index >= 15 is 0 Å². The van der Waals surface area contributed by atoms with Gasteiger partial charge < -0.3 is 16.4 Å². The molecule has 0 radical (unpaired) electrons. The molecule has 0 spiro atoms. The number of hydrazone groups is 1. The van der Waals surface area contributed by atoms with Crippen molar-refractivity contribution in [1.29, 1.82) is 10.5 Å². The van der Waals surface area contributed by atoms with Crippen molar-refractivity contribution in [2.24, 2.45) is 10.8 Å². The molecule has 0 saturated heterocycles. The first-order valence-electron chi connectivity index (χ1n) is 17.3. The lowest BCUT2D eigenvalue weighted by atomic mass is 9.97. The molecule has 2 heterocycles. The van der Waals surface area contributed by atoms with Gasteiger partial charge in [-0.25, -0.2) is 24.7 Å². The number of hydrogen-bond donors (Lipinski definition) is 3. The van der Waals surface area contributed by atoms with E-state index in [1.54, 1.807) is 97.1 Å². The summed E-state index contributed by atoms with van der Waals surface area (Å²) < 4.78 is 0. The van der Waals surface area contributed by atoms with Crippen LogP contribution in [0.4, 0.5) is 39.4 Å². The number of anilines is 5. The number of urea groups is 1. The number of halogens is 2. The Morgan fingerprint density at radius 2 is 1.12 bits per heavy atom. The molecule has 59 heavy (non-hydrogen) atoms. The number of nitro groups is 1. The lowest BCUT2D eigenvalue weighted by Gasteiger charge is -2.21. The Balaban J connectivity index is 1.54. The van der Waals surface area contributed by atoms with Gasteiger partial charge in [-0.2, -0.15) is 20.6 Å². The molecule has 0 aliphatic heterocycles. The maximum atomic E-state index is 13.4. The number of hydrogen-bond acceptors (Lipinski definition) is 12. The molecule has 0 fully saturated rings. The molecule has 5 aromatic carbocycles. The van der Waals surface area contributed by atoms with Crippen LogP contribution in [0.3, 0.4) is 0 Å². The summed E-state index contributed by atoms with van der Waals surface area (Å²) >= 11 is 13.6. The van der Waals surface area contributed by atoms with Gasteiger partial charge in [0.1, 0.15) is 17.1 Å². The molecule has 7 rings (SSSR count). The highest BCUT2D eigenvalue weighted by atomic mass is 35.5. The minimum atomic E-state index is -1.05. The highest BCUT2D eigenvalue weighted by molar-refractivity contribution is 6.34. The van der Waals surface area contributed by atoms with Crippen molar-refractivity contribution in [3.8, 4) is 34.4 Å².